The van der Waals surface area contributed by atoms with E-state index in [0.717, 1.165) is 5.56 Å². The lowest BCUT2D eigenvalue weighted by molar-refractivity contribution is 0.0734. The molecule has 2 aromatic carbocycles. The smallest absolute Gasteiger partial charge is 0.345 e. The lowest BCUT2D eigenvalue weighted by Gasteiger charge is -2.04. The first-order valence-electron chi connectivity index (χ1n) is 7.23. The topological polar surface area (TPSA) is 51.5 Å². The lowest BCUT2D eigenvalue weighted by atomic mass is 10.2. The standard InChI is InChI=1S/C19H13ClN2O2/c20-17-5-1-2-6-18(17)22-12-14-7-9-16(10-8-14)24-19(23)15-4-3-11-21-13-15/h1-13H. The largest absolute Gasteiger partial charge is 0.423 e. The number of esters is 1. The fraction of sp³-hybridized carbons (Fsp3) is 0. The van der Waals surface area contributed by atoms with Gasteiger partial charge in [0, 0.05) is 18.6 Å². The second-order valence-corrected chi connectivity index (χ2v) is 5.32. The minimum atomic E-state index is -0.444. The average molecular weight is 337 g/mol. The maximum absolute atomic E-state index is 11.9. The molecule has 118 valence electrons. The Bertz CT molecular complexity index is 862. The molecule has 0 bridgehead atoms. The fourth-order valence-electron chi connectivity index (χ4n) is 1.97. The van der Waals surface area contributed by atoms with E-state index in [-0.39, 0.29) is 0 Å². The number of aromatic nitrogens is 1. The molecule has 5 heteroatoms. The van der Waals surface area contributed by atoms with Crippen molar-refractivity contribution >= 4 is 29.5 Å². The normalized spacial score (nSPS) is 10.7. The lowest BCUT2D eigenvalue weighted by Crippen LogP contribution is -2.08. The Morgan fingerprint density at radius 2 is 1.83 bits per heavy atom. The molecular formula is C19H13ClN2O2. The van der Waals surface area contributed by atoms with Crippen molar-refractivity contribution in [2.75, 3.05) is 0 Å². The molecule has 3 rings (SSSR count). The van der Waals surface area contributed by atoms with E-state index in [0.29, 0.717) is 22.0 Å². The average Bonchev–Trinajstić information content (AvgIpc) is 2.63. The molecule has 0 aliphatic carbocycles. The van der Waals surface area contributed by atoms with E-state index in [1.165, 1.54) is 6.20 Å². The van der Waals surface area contributed by atoms with E-state index >= 15 is 0 Å². The number of hydrogen-bond donors (Lipinski definition) is 0. The van der Waals surface area contributed by atoms with Gasteiger partial charge in [-0.1, -0.05) is 23.7 Å². The Balaban J connectivity index is 1.67. The van der Waals surface area contributed by atoms with Crippen LogP contribution in [0.25, 0.3) is 0 Å². The summed E-state index contributed by atoms with van der Waals surface area (Å²) in [5, 5.41) is 0.593. The molecule has 1 aromatic heterocycles. The number of carbonyl (C=O) groups is 1. The van der Waals surface area contributed by atoms with E-state index < -0.39 is 5.97 Å². The summed E-state index contributed by atoms with van der Waals surface area (Å²) in [4.78, 5) is 20.2. The summed E-state index contributed by atoms with van der Waals surface area (Å²) in [6, 6.07) is 17.7. The summed E-state index contributed by atoms with van der Waals surface area (Å²) in [6.45, 7) is 0. The molecule has 0 N–H and O–H groups in total. The molecule has 0 aliphatic heterocycles. The second kappa shape index (κ2) is 7.53. The zero-order valence-electron chi connectivity index (χ0n) is 12.6. The van der Waals surface area contributed by atoms with Gasteiger partial charge in [-0.25, -0.2) is 4.79 Å². The quantitative estimate of drug-likeness (QED) is 0.394. The van der Waals surface area contributed by atoms with E-state index in [4.69, 9.17) is 16.3 Å². The molecule has 0 saturated heterocycles. The zero-order valence-corrected chi connectivity index (χ0v) is 13.4. The minimum Gasteiger partial charge on any atom is -0.423 e. The summed E-state index contributed by atoms with van der Waals surface area (Å²) >= 11 is 6.05. The van der Waals surface area contributed by atoms with Crippen molar-refractivity contribution in [3.8, 4) is 5.75 Å². The number of pyridine rings is 1. The molecule has 0 spiro atoms. The number of aliphatic imine (C=N–C) groups is 1. The van der Waals surface area contributed by atoms with Crippen molar-refractivity contribution < 1.29 is 9.53 Å². The maximum Gasteiger partial charge on any atom is 0.345 e. The van der Waals surface area contributed by atoms with E-state index in [9.17, 15) is 4.79 Å². The number of halogens is 1. The Labute approximate surface area is 144 Å². The zero-order chi connectivity index (χ0) is 16.8. The van der Waals surface area contributed by atoms with Gasteiger partial charge in [0.15, 0.2) is 0 Å². The Hall–Kier alpha value is -2.98. The van der Waals surface area contributed by atoms with Crippen LogP contribution in [-0.2, 0) is 0 Å². The van der Waals surface area contributed by atoms with Gasteiger partial charge < -0.3 is 4.74 Å². The summed E-state index contributed by atoms with van der Waals surface area (Å²) in [7, 11) is 0. The van der Waals surface area contributed by atoms with E-state index in [1.807, 2.05) is 30.3 Å². The molecule has 24 heavy (non-hydrogen) atoms. The third-order valence-electron chi connectivity index (χ3n) is 3.19. The number of hydrogen-bond acceptors (Lipinski definition) is 4. The summed E-state index contributed by atoms with van der Waals surface area (Å²) < 4.78 is 5.29. The van der Waals surface area contributed by atoms with Crippen molar-refractivity contribution in [3.63, 3.8) is 0 Å². The molecule has 4 nitrogen and oxygen atoms in total. The Morgan fingerprint density at radius 3 is 2.54 bits per heavy atom. The number of carbonyl (C=O) groups excluding carboxylic acids is 1. The Morgan fingerprint density at radius 1 is 1.04 bits per heavy atom. The van der Waals surface area contributed by atoms with Crippen LogP contribution in [0, 0.1) is 0 Å². The van der Waals surface area contributed by atoms with Gasteiger partial charge >= 0.3 is 5.97 Å². The van der Waals surface area contributed by atoms with Crippen molar-refractivity contribution in [1.82, 2.24) is 4.98 Å². The Kier molecular flexibility index (Phi) is 4.99. The summed E-state index contributed by atoms with van der Waals surface area (Å²) in [5.74, 6) is 0.0133. The number of nitrogens with zero attached hydrogens (tertiary/aromatic N) is 2. The van der Waals surface area contributed by atoms with Crippen LogP contribution in [0.1, 0.15) is 15.9 Å². The first-order valence-corrected chi connectivity index (χ1v) is 7.61. The monoisotopic (exact) mass is 336 g/mol. The number of para-hydroxylation sites is 1. The number of benzene rings is 2. The van der Waals surface area contributed by atoms with Crippen LogP contribution >= 0.6 is 11.6 Å². The molecule has 0 saturated carbocycles. The summed E-state index contributed by atoms with van der Waals surface area (Å²) in [6.07, 6.45) is 4.77. The molecule has 0 amide bonds. The fourth-order valence-corrected chi connectivity index (χ4v) is 2.16. The maximum atomic E-state index is 11.9. The van der Waals surface area contributed by atoms with Crippen LogP contribution in [0.15, 0.2) is 78.0 Å². The van der Waals surface area contributed by atoms with Crippen LogP contribution in [0.3, 0.4) is 0 Å². The highest BCUT2D eigenvalue weighted by molar-refractivity contribution is 6.33. The van der Waals surface area contributed by atoms with Crippen molar-refractivity contribution in [2.45, 2.75) is 0 Å². The van der Waals surface area contributed by atoms with Crippen LogP contribution < -0.4 is 4.74 Å². The van der Waals surface area contributed by atoms with Gasteiger partial charge in [0.1, 0.15) is 5.75 Å². The minimum absolute atomic E-state index is 0.404. The van der Waals surface area contributed by atoms with E-state index in [1.54, 1.807) is 42.7 Å². The number of rotatable bonds is 4. The van der Waals surface area contributed by atoms with Crippen molar-refractivity contribution in [3.05, 3.63) is 89.2 Å². The van der Waals surface area contributed by atoms with Gasteiger partial charge in [-0.2, -0.15) is 0 Å². The predicted octanol–water partition coefficient (Wildman–Crippen LogP) is 4.70. The molecule has 0 unspecified atom stereocenters. The van der Waals surface area contributed by atoms with Gasteiger partial charge in [-0.05, 0) is 54.1 Å². The van der Waals surface area contributed by atoms with Gasteiger partial charge in [-0.3, -0.25) is 9.98 Å². The molecule has 0 atom stereocenters. The van der Waals surface area contributed by atoms with Crippen molar-refractivity contribution in [1.29, 1.82) is 0 Å². The van der Waals surface area contributed by atoms with Crippen LogP contribution in [0.2, 0.25) is 5.02 Å². The molecule has 0 aliphatic rings. The third-order valence-corrected chi connectivity index (χ3v) is 3.51. The molecule has 0 fully saturated rings. The van der Waals surface area contributed by atoms with Crippen LogP contribution in [-0.4, -0.2) is 17.2 Å². The van der Waals surface area contributed by atoms with Crippen LogP contribution in [0.4, 0.5) is 5.69 Å². The van der Waals surface area contributed by atoms with E-state index in [2.05, 4.69) is 9.98 Å². The first-order chi connectivity index (χ1) is 11.7. The van der Waals surface area contributed by atoms with Crippen molar-refractivity contribution in [2.24, 2.45) is 4.99 Å². The first kappa shape index (κ1) is 15.9. The molecule has 3 aromatic rings. The molecule has 0 radical (unpaired) electrons. The highest BCUT2D eigenvalue weighted by atomic mass is 35.5. The predicted molar refractivity (Wildman–Crippen MR) is 94.3 cm³/mol. The van der Waals surface area contributed by atoms with Gasteiger partial charge in [0.05, 0.1) is 16.3 Å². The van der Waals surface area contributed by atoms with Crippen LogP contribution in [0.5, 0.6) is 5.75 Å². The van der Waals surface area contributed by atoms with Gasteiger partial charge in [0.25, 0.3) is 0 Å². The highest BCUT2D eigenvalue weighted by Gasteiger charge is 2.07. The number of ether oxygens (including phenoxy) is 1. The molecule has 1 heterocycles. The SMILES string of the molecule is O=C(Oc1ccc(C=Nc2ccccc2Cl)cc1)c1cccnc1. The van der Waals surface area contributed by atoms with Gasteiger partial charge in [-0.15, -0.1) is 0 Å². The van der Waals surface area contributed by atoms with Gasteiger partial charge in [0.2, 0.25) is 0 Å². The second-order valence-electron chi connectivity index (χ2n) is 4.91. The third kappa shape index (κ3) is 4.06. The summed E-state index contributed by atoms with van der Waals surface area (Å²) in [5.41, 5.74) is 1.98. The molecular weight excluding hydrogens is 324 g/mol. The highest BCUT2D eigenvalue weighted by Crippen LogP contribution is 2.23.